The normalized spacial score (nSPS) is 11.4. The van der Waals surface area contributed by atoms with Crippen LogP contribution in [0.4, 0.5) is 22.7 Å². The molecular formula is C104H72BBr2N2O5. The Balaban J connectivity index is 0.000000111. The lowest BCUT2D eigenvalue weighted by atomic mass is 9.93. The predicted molar refractivity (Wildman–Crippen MR) is 492 cm³/mol. The number of nitrogens with two attached hydrogens (primary N) is 1. The molecule has 0 aliphatic heterocycles. The molecule has 3 radical (unpaired) electrons. The van der Waals surface area contributed by atoms with Gasteiger partial charge in [-0.1, -0.05) is 294 Å². The van der Waals surface area contributed by atoms with Crippen LogP contribution in [0, 0.1) is 0 Å². The summed E-state index contributed by atoms with van der Waals surface area (Å²) in [6.45, 7) is 0. The Hall–Kier alpha value is -13.6. The molecule has 24 rings (SSSR count). The summed E-state index contributed by atoms with van der Waals surface area (Å²) >= 11 is 6.89. The third-order valence-corrected chi connectivity index (χ3v) is 22.4. The van der Waals surface area contributed by atoms with Crippen molar-refractivity contribution in [3.05, 3.63) is 396 Å². The average Bonchev–Trinajstić information content (AvgIpc) is 1.70. The SMILES string of the molecule is Brc1ccc2c(c1)oc1ccccc12.Brc1ccc2oc3ccccc3c2c1.C.Nc1cc2ccccc2c2ccccc12.[2HH].[B].c1ccc2c(c1)cc(Cc1ccc3c(c1)oc1ccccc13)c1ccccc12.c1ccc2c(c1)cc(N(c1ccc3c(c1)oc1ccccc13)c1ccc3oc4ccccc4c3c1)c1ccccc12. The van der Waals surface area contributed by atoms with E-state index in [1.807, 2.05) is 121 Å². The van der Waals surface area contributed by atoms with E-state index in [4.69, 9.17) is 27.8 Å². The van der Waals surface area contributed by atoms with Crippen LogP contribution >= 0.6 is 31.9 Å². The number of nitrogens with zero attached hydrogens (tertiary/aromatic N) is 1. The number of fused-ring (bicyclic) bond motifs is 24. The molecule has 0 atom stereocenters. The van der Waals surface area contributed by atoms with Gasteiger partial charge in [0.2, 0.25) is 0 Å². The van der Waals surface area contributed by atoms with Gasteiger partial charge in [0.05, 0.1) is 5.69 Å². The molecule has 2 N–H and O–H groups in total. The zero-order valence-electron chi connectivity index (χ0n) is 60.9. The number of benzene rings is 19. The van der Waals surface area contributed by atoms with Gasteiger partial charge in [-0.15, -0.1) is 0 Å². The number of anilines is 4. The second kappa shape index (κ2) is 30.6. The van der Waals surface area contributed by atoms with E-state index in [0.717, 1.165) is 126 Å². The highest BCUT2D eigenvalue weighted by molar-refractivity contribution is 9.10. The van der Waals surface area contributed by atoms with E-state index in [2.05, 4.69) is 292 Å². The summed E-state index contributed by atoms with van der Waals surface area (Å²) in [5.74, 6) is 0. The lowest BCUT2D eigenvalue weighted by molar-refractivity contribution is 0.668. The van der Waals surface area contributed by atoms with Crippen molar-refractivity contribution in [1.82, 2.24) is 0 Å². The lowest BCUT2D eigenvalue weighted by Crippen LogP contribution is -2.10. The van der Waals surface area contributed by atoms with Gasteiger partial charge < -0.3 is 32.7 Å². The minimum atomic E-state index is 0. The van der Waals surface area contributed by atoms with E-state index < -0.39 is 0 Å². The van der Waals surface area contributed by atoms with Gasteiger partial charge in [-0.05, 0) is 187 Å². The van der Waals surface area contributed by atoms with E-state index in [1.165, 1.54) is 97.3 Å². The topological polar surface area (TPSA) is 95.0 Å². The maximum Gasteiger partial charge on any atom is 0.137 e. The molecule has 114 heavy (non-hydrogen) atoms. The van der Waals surface area contributed by atoms with Crippen molar-refractivity contribution in [3.63, 3.8) is 0 Å². The molecule has 545 valence electrons. The Labute approximate surface area is 676 Å². The van der Waals surface area contributed by atoms with Gasteiger partial charge in [-0.25, -0.2) is 0 Å². The first-order valence-corrected chi connectivity index (χ1v) is 38.9. The third kappa shape index (κ3) is 13.3. The molecule has 10 heteroatoms. The molecule has 0 spiro atoms. The molecule has 0 fully saturated rings. The zero-order valence-corrected chi connectivity index (χ0v) is 64.1. The Kier molecular flexibility index (Phi) is 19.3. The molecule has 7 nitrogen and oxygen atoms in total. The fourth-order valence-electron chi connectivity index (χ4n) is 16.2. The van der Waals surface area contributed by atoms with Gasteiger partial charge in [0, 0.05) is 107 Å². The van der Waals surface area contributed by atoms with Gasteiger partial charge in [-0.3, -0.25) is 0 Å². The lowest BCUT2D eigenvalue weighted by Gasteiger charge is -2.27. The molecule has 0 bridgehead atoms. The summed E-state index contributed by atoms with van der Waals surface area (Å²) in [5.41, 5.74) is 21.9. The third-order valence-electron chi connectivity index (χ3n) is 21.4. The summed E-state index contributed by atoms with van der Waals surface area (Å²) in [4.78, 5) is 2.35. The Morgan fingerprint density at radius 2 is 0.553 bits per heavy atom. The molecule has 0 saturated heterocycles. The van der Waals surface area contributed by atoms with Crippen LogP contribution < -0.4 is 10.6 Å². The fourth-order valence-corrected chi connectivity index (χ4v) is 16.9. The molecule has 0 unspecified atom stereocenters. The Bertz CT molecular complexity index is 7780. The fraction of sp³-hybridized carbons (Fsp3) is 0.0192. The summed E-state index contributed by atoms with van der Waals surface area (Å²) in [6, 6.07) is 131. The first kappa shape index (κ1) is 71.9. The van der Waals surface area contributed by atoms with E-state index in [0.29, 0.717) is 0 Å². The summed E-state index contributed by atoms with van der Waals surface area (Å²) < 4.78 is 32.1. The smallest absolute Gasteiger partial charge is 0.137 e. The maximum atomic E-state index is 6.35. The highest BCUT2D eigenvalue weighted by Gasteiger charge is 2.22. The van der Waals surface area contributed by atoms with Crippen molar-refractivity contribution in [2.45, 2.75) is 13.8 Å². The molecule has 0 aliphatic rings. The number of para-hydroxylation sites is 5. The summed E-state index contributed by atoms with van der Waals surface area (Å²) in [7, 11) is 0. The zero-order chi connectivity index (χ0) is 74.8. The van der Waals surface area contributed by atoms with Gasteiger partial charge in [0.25, 0.3) is 0 Å². The summed E-state index contributed by atoms with van der Waals surface area (Å²) in [6.07, 6.45) is 0.887. The highest BCUT2D eigenvalue weighted by atomic mass is 79.9. The van der Waals surface area contributed by atoms with Crippen molar-refractivity contribution >= 4 is 237 Å². The number of rotatable bonds is 5. The van der Waals surface area contributed by atoms with E-state index in [9.17, 15) is 0 Å². The monoisotopic (exact) mass is 1600 g/mol. The van der Waals surface area contributed by atoms with Crippen LogP contribution in [0.2, 0.25) is 0 Å². The largest absolute Gasteiger partial charge is 0.456 e. The minimum absolute atomic E-state index is 0. The first-order valence-electron chi connectivity index (χ1n) is 37.4. The number of halogens is 2. The van der Waals surface area contributed by atoms with Crippen LogP contribution in [0.1, 0.15) is 20.0 Å². The minimum Gasteiger partial charge on any atom is -0.456 e. The van der Waals surface area contributed by atoms with Gasteiger partial charge >= 0.3 is 0 Å². The quantitative estimate of drug-likeness (QED) is 0.104. The number of nitrogen functional groups attached to an aromatic ring is 1. The highest BCUT2D eigenvalue weighted by Crippen LogP contribution is 2.46. The van der Waals surface area contributed by atoms with Crippen molar-refractivity contribution in [2.24, 2.45) is 0 Å². The van der Waals surface area contributed by atoms with Gasteiger partial charge in [0.15, 0.2) is 0 Å². The van der Waals surface area contributed by atoms with Crippen molar-refractivity contribution in [3.8, 4) is 0 Å². The molecule has 24 aromatic rings. The molecule has 0 aliphatic carbocycles. The maximum absolute atomic E-state index is 6.35. The molecule has 5 heterocycles. The number of hydrogen-bond donors (Lipinski definition) is 1. The second-order valence-corrected chi connectivity index (χ2v) is 30.0. The van der Waals surface area contributed by atoms with Gasteiger partial charge in [-0.2, -0.15) is 0 Å². The van der Waals surface area contributed by atoms with Crippen LogP contribution in [0.3, 0.4) is 0 Å². The Morgan fingerprint density at radius 1 is 0.237 bits per heavy atom. The van der Waals surface area contributed by atoms with Crippen LogP contribution in [0.5, 0.6) is 0 Å². The molecule has 19 aromatic carbocycles. The second-order valence-electron chi connectivity index (χ2n) is 28.2. The predicted octanol–water partition coefficient (Wildman–Crippen LogP) is 31.5. The van der Waals surface area contributed by atoms with Crippen LogP contribution in [-0.2, 0) is 6.42 Å². The van der Waals surface area contributed by atoms with Crippen LogP contribution in [0.25, 0.3) is 174 Å². The van der Waals surface area contributed by atoms with Crippen LogP contribution in [-0.4, -0.2) is 8.41 Å². The van der Waals surface area contributed by atoms with Crippen molar-refractivity contribution in [1.29, 1.82) is 0 Å². The van der Waals surface area contributed by atoms with E-state index in [1.54, 1.807) is 0 Å². The van der Waals surface area contributed by atoms with Crippen molar-refractivity contribution in [2.75, 3.05) is 10.6 Å². The molecule has 0 saturated carbocycles. The van der Waals surface area contributed by atoms with E-state index in [-0.39, 0.29) is 17.3 Å². The van der Waals surface area contributed by atoms with Crippen molar-refractivity contribution < 1.29 is 23.5 Å². The van der Waals surface area contributed by atoms with Gasteiger partial charge in [0.1, 0.15) is 55.8 Å². The number of furan rings is 5. The van der Waals surface area contributed by atoms with E-state index >= 15 is 0 Å². The standard InChI is InChI=1S/C38H23NO2.C27H18O.C14H11N.2C12H7BrO.CH4.B.H2/c1-2-10-27-24(9-1)21-34(29-12-4-3-11-28(27)29)39(25-18-20-37-33(22-25)31-14-6-8-16-36(31)40-37)26-17-19-32-30-13-5-7-15-35(30)41-38(32)23-26;1-2-8-21-19(7-1)17-20(22-9-3-4-10-23(21)22)15-18-13-14-25-24-11-5-6-12-26(24)28-27(25)16-18;15-14-9-10-5-1-2-6-11(10)12-7-3-4-8-13(12)14;13-8-5-6-12-10(7-8)9-3-1-2-4-11(9)14-12;13-8-5-6-10-9-3-1-2-4-11(9)14-12(10)7-8;;;/h1-23H;1-14,16-17H,15H2;1-9H,15H2;2*1-7H;1H4;;1H/i;;;;;;;1+1. The molecular weight excluding hydrogens is 1530 g/mol. The van der Waals surface area contributed by atoms with Crippen LogP contribution in [0.15, 0.2) is 407 Å². The molecule has 0 amide bonds. The Morgan fingerprint density at radius 3 is 1.09 bits per heavy atom. The summed E-state index contributed by atoms with van der Waals surface area (Å²) in [5, 5.41) is 26.4. The first-order chi connectivity index (χ1) is 55.2. The average molecular weight is 1600 g/mol. The molecule has 5 aromatic heterocycles. The number of hydrogen-bond acceptors (Lipinski definition) is 7.